The molecule has 0 atom stereocenters. The van der Waals surface area contributed by atoms with E-state index in [9.17, 15) is 0 Å². The van der Waals surface area contributed by atoms with Crippen LogP contribution in [0.3, 0.4) is 0 Å². The van der Waals surface area contributed by atoms with Gasteiger partial charge in [-0.25, -0.2) is 0 Å². The van der Waals surface area contributed by atoms with Crippen molar-refractivity contribution in [3.8, 4) is 0 Å². The first-order valence-electron chi connectivity index (χ1n) is 4.07. The number of thiocarbonyl (C=S) groups is 1. The fourth-order valence-electron chi connectivity index (χ4n) is 0.956. The number of benzene rings is 1. The van der Waals surface area contributed by atoms with Crippen LogP contribution in [0.5, 0.6) is 0 Å². The van der Waals surface area contributed by atoms with Crippen LogP contribution in [0.2, 0.25) is 0 Å². The molecule has 0 saturated carbocycles. The Kier molecular flexibility index (Phi) is 4.86. The van der Waals surface area contributed by atoms with E-state index in [1.807, 2.05) is 24.5 Å². The lowest BCUT2D eigenvalue weighted by Gasteiger charge is -2.04. The number of hydrogen-bond acceptors (Lipinski definition) is 3. The van der Waals surface area contributed by atoms with Crippen LogP contribution in [0, 0.1) is 0 Å². The van der Waals surface area contributed by atoms with E-state index in [-0.39, 0.29) is 0 Å². The standard InChI is InChI=1S/C10H12OS2/c1-13-10(12)11-8-7-9-5-3-2-4-6-9/h2-6H,7-8H2,1H3. The molecule has 0 aromatic heterocycles. The van der Waals surface area contributed by atoms with Crippen LogP contribution < -0.4 is 0 Å². The van der Waals surface area contributed by atoms with Crippen molar-refractivity contribution in [1.82, 2.24) is 0 Å². The summed E-state index contributed by atoms with van der Waals surface area (Å²) in [7, 11) is 0. The molecule has 13 heavy (non-hydrogen) atoms. The topological polar surface area (TPSA) is 9.23 Å². The maximum absolute atomic E-state index is 5.29. The van der Waals surface area contributed by atoms with Crippen LogP contribution in [-0.2, 0) is 11.2 Å². The van der Waals surface area contributed by atoms with Crippen molar-refractivity contribution in [2.45, 2.75) is 6.42 Å². The van der Waals surface area contributed by atoms with Crippen molar-refractivity contribution in [2.24, 2.45) is 0 Å². The number of thioether (sulfide) groups is 1. The lowest BCUT2D eigenvalue weighted by atomic mass is 10.2. The zero-order valence-corrected chi connectivity index (χ0v) is 9.16. The first-order chi connectivity index (χ1) is 6.33. The van der Waals surface area contributed by atoms with Crippen molar-refractivity contribution >= 4 is 28.4 Å². The molecule has 0 aliphatic rings. The van der Waals surface area contributed by atoms with Crippen molar-refractivity contribution in [1.29, 1.82) is 0 Å². The SMILES string of the molecule is CSC(=S)OCCc1ccccc1. The van der Waals surface area contributed by atoms with Crippen LogP contribution in [0.25, 0.3) is 0 Å². The third-order valence-electron chi connectivity index (χ3n) is 1.62. The van der Waals surface area contributed by atoms with Crippen LogP contribution in [0.1, 0.15) is 5.56 Å². The van der Waals surface area contributed by atoms with Gasteiger partial charge in [-0.2, -0.15) is 0 Å². The summed E-state index contributed by atoms with van der Waals surface area (Å²) < 4.78 is 5.91. The molecule has 0 aliphatic carbocycles. The molecule has 0 aliphatic heterocycles. The minimum Gasteiger partial charge on any atom is -0.478 e. The molecular formula is C10H12OS2. The zero-order chi connectivity index (χ0) is 9.52. The Morgan fingerprint density at radius 3 is 2.69 bits per heavy atom. The lowest BCUT2D eigenvalue weighted by molar-refractivity contribution is 0.327. The van der Waals surface area contributed by atoms with Gasteiger partial charge in [-0.15, -0.1) is 0 Å². The average Bonchev–Trinajstić information content (AvgIpc) is 2.19. The molecule has 0 radical (unpaired) electrons. The fourth-order valence-corrected chi connectivity index (χ4v) is 1.24. The number of hydrogen-bond donors (Lipinski definition) is 0. The van der Waals surface area contributed by atoms with E-state index in [0.29, 0.717) is 11.0 Å². The van der Waals surface area contributed by atoms with Gasteiger partial charge in [0, 0.05) is 6.42 Å². The molecule has 0 fully saturated rings. The van der Waals surface area contributed by atoms with Gasteiger partial charge in [-0.3, -0.25) is 0 Å². The van der Waals surface area contributed by atoms with E-state index < -0.39 is 0 Å². The smallest absolute Gasteiger partial charge is 0.219 e. The minimum atomic E-state index is 0.621. The highest BCUT2D eigenvalue weighted by molar-refractivity contribution is 8.22. The minimum absolute atomic E-state index is 0.621. The zero-order valence-electron chi connectivity index (χ0n) is 7.53. The molecule has 1 aromatic rings. The van der Waals surface area contributed by atoms with Crippen molar-refractivity contribution < 1.29 is 4.74 Å². The van der Waals surface area contributed by atoms with Crippen molar-refractivity contribution in [3.05, 3.63) is 35.9 Å². The first-order valence-corrected chi connectivity index (χ1v) is 5.71. The maximum Gasteiger partial charge on any atom is 0.219 e. The normalized spacial score (nSPS) is 9.62. The second-order valence-corrected chi connectivity index (χ2v) is 3.95. The monoisotopic (exact) mass is 212 g/mol. The highest BCUT2D eigenvalue weighted by Crippen LogP contribution is 2.03. The summed E-state index contributed by atoms with van der Waals surface area (Å²) in [5, 5.41) is 0. The Balaban J connectivity index is 2.24. The molecule has 0 N–H and O–H groups in total. The molecule has 0 spiro atoms. The Morgan fingerprint density at radius 2 is 2.08 bits per heavy atom. The maximum atomic E-state index is 5.29. The van der Waals surface area contributed by atoms with Crippen LogP contribution >= 0.6 is 24.0 Å². The van der Waals surface area contributed by atoms with E-state index in [0.717, 1.165) is 6.42 Å². The highest BCUT2D eigenvalue weighted by Gasteiger charge is 1.95. The first kappa shape index (κ1) is 10.5. The summed E-state index contributed by atoms with van der Waals surface area (Å²) in [6.45, 7) is 0.670. The third kappa shape index (κ3) is 4.29. The summed E-state index contributed by atoms with van der Waals surface area (Å²) in [5.41, 5.74) is 1.28. The number of rotatable bonds is 3. The highest BCUT2D eigenvalue weighted by atomic mass is 32.2. The average molecular weight is 212 g/mol. The van der Waals surface area contributed by atoms with Crippen molar-refractivity contribution in [3.63, 3.8) is 0 Å². The second kappa shape index (κ2) is 6.00. The summed E-state index contributed by atoms with van der Waals surface area (Å²) in [4.78, 5) is 0. The van der Waals surface area contributed by atoms with E-state index in [4.69, 9.17) is 17.0 Å². The van der Waals surface area contributed by atoms with Gasteiger partial charge < -0.3 is 4.74 Å². The van der Waals surface area contributed by atoms with Crippen LogP contribution in [0.15, 0.2) is 30.3 Å². The molecule has 3 heteroatoms. The molecule has 1 nitrogen and oxygen atoms in total. The molecule has 0 saturated heterocycles. The lowest BCUT2D eigenvalue weighted by Crippen LogP contribution is -2.01. The predicted molar refractivity (Wildman–Crippen MR) is 62.2 cm³/mol. The van der Waals surface area contributed by atoms with Crippen molar-refractivity contribution in [2.75, 3.05) is 12.9 Å². The van der Waals surface area contributed by atoms with Crippen LogP contribution in [-0.4, -0.2) is 17.2 Å². The quantitative estimate of drug-likeness (QED) is 0.713. The van der Waals surface area contributed by atoms with Gasteiger partial charge in [0.2, 0.25) is 4.38 Å². The molecule has 1 aromatic carbocycles. The molecule has 0 bridgehead atoms. The van der Waals surface area contributed by atoms with Gasteiger partial charge in [0.05, 0.1) is 6.61 Å². The Hall–Kier alpha value is -0.540. The van der Waals surface area contributed by atoms with Gasteiger partial charge >= 0.3 is 0 Å². The van der Waals surface area contributed by atoms with E-state index in [2.05, 4.69) is 12.1 Å². The fraction of sp³-hybridized carbons (Fsp3) is 0.300. The molecule has 0 amide bonds. The summed E-state index contributed by atoms with van der Waals surface area (Å²) in [6, 6.07) is 10.2. The summed E-state index contributed by atoms with van der Waals surface area (Å²) in [5.74, 6) is 0. The second-order valence-electron chi connectivity index (χ2n) is 2.54. The predicted octanol–water partition coefficient (Wildman–Crippen LogP) is 2.89. The largest absolute Gasteiger partial charge is 0.478 e. The molecular weight excluding hydrogens is 200 g/mol. The molecule has 1 rings (SSSR count). The summed E-state index contributed by atoms with van der Waals surface area (Å²) in [6.07, 6.45) is 2.84. The molecule has 0 heterocycles. The number of ether oxygens (including phenoxy) is 1. The Morgan fingerprint density at radius 1 is 1.38 bits per heavy atom. The van der Waals surface area contributed by atoms with Gasteiger partial charge in [0.15, 0.2) is 0 Å². The van der Waals surface area contributed by atoms with Gasteiger partial charge in [-0.05, 0) is 24.0 Å². The van der Waals surface area contributed by atoms with Gasteiger partial charge in [0.1, 0.15) is 0 Å². The van der Waals surface area contributed by atoms with Gasteiger partial charge in [-0.1, -0.05) is 42.1 Å². The van der Waals surface area contributed by atoms with E-state index in [1.165, 1.54) is 17.3 Å². The Bertz CT molecular complexity index is 259. The molecule has 70 valence electrons. The van der Waals surface area contributed by atoms with E-state index in [1.54, 1.807) is 0 Å². The van der Waals surface area contributed by atoms with Gasteiger partial charge in [0.25, 0.3) is 0 Å². The van der Waals surface area contributed by atoms with Crippen LogP contribution in [0.4, 0.5) is 0 Å². The van der Waals surface area contributed by atoms with E-state index >= 15 is 0 Å². The molecule has 0 unspecified atom stereocenters. The third-order valence-corrected chi connectivity index (χ3v) is 2.69. The summed E-state index contributed by atoms with van der Waals surface area (Å²) >= 11 is 6.38. The Labute approximate surface area is 88.5 Å².